The van der Waals surface area contributed by atoms with E-state index in [1.165, 1.54) is 0 Å². The zero-order chi connectivity index (χ0) is 19.3. The molecule has 0 bridgehead atoms. The van der Waals surface area contributed by atoms with E-state index in [0.29, 0.717) is 6.42 Å². The lowest BCUT2D eigenvalue weighted by molar-refractivity contribution is -0.137. The standard InChI is InChI=1S/C23H23N3O2/c27-21(28)14-13-19-12-7-15-26(19)20-16-24-22(17-8-3-1-4-9-17)23(25-20)18-10-5-2-6-11-18/h1-6,8-11,16,19H,7,12-15H2,(H,27,28)/t19-/m1/s1. The monoisotopic (exact) mass is 373 g/mol. The lowest BCUT2D eigenvalue weighted by Gasteiger charge is -2.26. The van der Waals surface area contributed by atoms with Gasteiger partial charge in [-0.15, -0.1) is 0 Å². The molecule has 3 aromatic rings. The van der Waals surface area contributed by atoms with Crippen LogP contribution in [0.25, 0.3) is 22.5 Å². The summed E-state index contributed by atoms with van der Waals surface area (Å²) < 4.78 is 0. The number of aromatic nitrogens is 2. The van der Waals surface area contributed by atoms with E-state index in [1.54, 1.807) is 0 Å². The molecule has 5 nitrogen and oxygen atoms in total. The van der Waals surface area contributed by atoms with Crippen molar-refractivity contribution in [1.82, 2.24) is 9.97 Å². The van der Waals surface area contributed by atoms with Crippen LogP contribution >= 0.6 is 0 Å². The zero-order valence-electron chi connectivity index (χ0n) is 15.7. The van der Waals surface area contributed by atoms with Crippen molar-refractivity contribution in [2.24, 2.45) is 0 Å². The SMILES string of the molecule is O=C(O)CC[C@H]1CCCN1c1cnc(-c2ccccc2)c(-c2ccccc2)n1. The lowest BCUT2D eigenvalue weighted by Crippen LogP contribution is -2.30. The third kappa shape index (κ3) is 3.88. The molecule has 0 radical (unpaired) electrons. The summed E-state index contributed by atoms with van der Waals surface area (Å²) >= 11 is 0. The molecule has 1 fully saturated rings. The van der Waals surface area contributed by atoms with E-state index in [1.807, 2.05) is 66.9 Å². The number of carboxylic acid groups (broad SMARTS) is 1. The second-order valence-corrected chi connectivity index (χ2v) is 7.08. The Labute approximate surface area is 164 Å². The molecule has 0 aliphatic carbocycles. The van der Waals surface area contributed by atoms with E-state index in [4.69, 9.17) is 15.1 Å². The van der Waals surface area contributed by atoms with Crippen LogP contribution in [0.3, 0.4) is 0 Å². The van der Waals surface area contributed by atoms with Gasteiger partial charge in [-0.2, -0.15) is 0 Å². The molecule has 1 aliphatic heterocycles. The first kappa shape index (κ1) is 18.2. The van der Waals surface area contributed by atoms with Crippen molar-refractivity contribution >= 4 is 11.8 Å². The van der Waals surface area contributed by atoms with Crippen LogP contribution in [0.15, 0.2) is 66.9 Å². The van der Waals surface area contributed by atoms with E-state index in [0.717, 1.165) is 47.7 Å². The minimum absolute atomic E-state index is 0.183. The number of aliphatic carboxylic acids is 1. The van der Waals surface area contributed by atoms with Crippen molar-refractivity contribution in [2.75, 3.05) is 11.4 Å². The molecular formula is C23H23N3O2. The van der Waals surface area contributed by atoms with Gasteiger partial charge in [0, 0.05) is 30.1 Å². The summed E-state index contributed by atoms with van der Waals surface area (Å²) in [5.41, 5.74) is 3.77. The molecule has 142 valence electrons. The van der Waals surface area contributed by atoms with Crippen molar-refractivity contribution in [3.63, 3.8) is 0 Å². The Balaban J connectivity index is 1.73. The Morgan fingerprint density at radius 2 is 1.64 bits per heavy atom. The Hall–Kier alpha value is -3.21. The summed E-state index contributed by atoms with van der Waals surface area (Å²) in [6.07, 6.45) is 4.69. The van der Waals surface area contributed by atoms with Gasteiger partial charge in [0.25, 0.3) is 0 Å². The number of anilines is 1. The van der Waals surface area contributed by atoms with Crippen LogP contribution in [0.2, 0.25) is 0 Å². The van der Waals surface area contributed by atoms with Gasteiger partial charge in [0.05, 0.1) is 17.6 Å². The van der Waals surface area contributed by atoms with Crippen LogP contribution in [0.1, 0.15) is 25.7 Å². The highest BCUT2D eigenvalue weighted by atomic mass is 16.4. The molecule has 1 atom stereocenters. The smallest absolute Gasteiger partial charge is 0.303 e. The maximum Gasteiger partial charge on any atom is 0.303 e. The van der Waals surface area contributed by atoms with Gasteiger partial charge in [0.1, 0.15) is 5.82 Å². The molecule has 1 N–H and O–H groups in total. The molecule has 28 heavy (non-hydrogen) atoms. The second kappa shape index (κ2) is 8.21. The van der Waals surface area contributed by atoms with Crippen molar-refractivity contribution < 1.29 is 9.90 Å². The molecule has 2 heterocycles. The molecule has 4 rings (SSSR count). The van der Waals surface area contributed by atoms with Crippen molar-refractivity contribution in [1.29, 1.82) is 0 Å². The van der Waals surface area contributed by atoms with Crippen molar-refractivity contribution in [3.05, 3.63) is 66.9 Å². The second-order valence-electron chi connectivity index (χ2n) is 7.08. The van der Waals surface area contributed by atoms with Crippen molar-refractivity contribution in [3.8, 4) is 22.5 Å². The van der Waals surface area contributed by atoms with Crippen LogP contribution in [0.4, 0.5) is 5.82 Å². The third-order valence-electron chi connectivity index (χ3n) is 5.22. The molecule has 5 heteroatoms. The highest BCUT2D eigenvalue weighted by molar-refractivity contribution is 5.78. The van der Waals surface area contributed by atoms with E-state index in [2.05, 4.69) is 4.90 Å². The number of carboxylic acids is 1. The van der Waals surface area contributed by atoms with E-state index >= 15 is 0 Å². The van der Waals surface area contributed by atoms with E-state index in [-0.39, 0.29) is 12.5 Å². The van der Waals surface area contributed by atoms with E-state index in [9.17, 15) is 4.79 Å². The molecule has 0 spiro atoms. The van der Waals surface area contributed by atoms with E-state index < -0.39 is 5.97 Å². The molecule has 1 aromatic heterocycles. The Kier molecular flexibility index (Phi) is 5.33. The average Bonchev–Trinajstić information content (AvgIpc) is 3.22. The minimum Gasteiger partial charge on any atom is -0.481 e. The van der Waals surface area contributed by atoms with Gasteiger partial charge in [-0.05, 0) is 19.3 Å². The summed E-state index contributed by atoms with van der Waals surface area (Å²) in [4.78, 5) is 23.0. The van der Waals surface area contributed by atoms with Gasteiger partial charge in [0.15, 0.2) is 0 Å². The van der Waals surface area contributed by atoms with Gasteiger partial charge in [-0.1, -0.05) is 60.7 Å². The Bertz CT molecular complexity index is 945. The first-order valence-electron chi connectivity index (χ1n) is 9.68. The molecular weight excluding hydrogens is 350 g/mol. The minimum atomic E-state index is -0.748. The topological polar surface area (TPSA) is 66.3 Å². The predicted molar refractivity (Wildman–Crippen MR) is 110 cm³/mol. The summed E-state index contributed by atoms with van der Waals surface area (Å²) in [7, 11) is 0. The molecule has 0 amide bonds. The van der Waals surface area contributed by atoms with Gasteiger partial charge in [0.2, 0.25) is 0 Å². The fraction of sp³-hybridized carbons (Fsp3) is 0.261. The van der Waals surface area contributed by atoms with Crippen LogP contribution in [0.5, 0.6) is 0 Å². The number of carbonyl (C=O) groups is 1. The summed E-state index contributed by atoms with van der Waals surface area (Å²) in [5, 5.41) is 9.04. The number of hydrogen-bond acceptors (Lipinski definition) is 4. The molecule has 1 aliphatic rings. The van der Waals surface area contributed by atoms with Gasteiger partial charge >= 0.3 is 5.97 Å². The van der Waals surface area contributed by atoms with Gasteiger partial charge in [-0.3, -0.25) is 9.78 Å². The highest BCUT2D eigenvalue weighted by Gasteiger charge is 2.27. The molecule has 0 unspecified atom stereocenters. The first-order valence-corrected chi connectivity index (χ1v) is 9.68. The molecule has 1 saturated heterocycles. The number of hydrogen-bond donors (Lipinski definition) is 1. The third-order valence-corrected chi connectivity index (χ3v) is 5.22. The average molecular weight is 373 g/mol. The zero-order valence-corrected chi connectivity index (χ0v) is 15.7. The van der Waals surface area contributed by atoms with Crippen LogP contribution in [-0.2, 0) is 4.79 Å². The predicted octanol–water partition coefficient (Wildman–Crippen LogP) is 4.64. The fourth-order valence-electron chi connectivity index (χ4n) is 3.85. The maximum absolute atomic E-state index is 11.0. The lowest BCUT2D eigenvalue weighted by atomic mass is 10.0. The van der Waals surface area contributed by atoms with Gasteiger partial charge in [-0.25, -0.2) is 4.98 Å². The fourth-order valence-corrected chi connectivity index (χ4v) is 3.85. The molecule has 0 saturated carbocycles. The largest absolute Gasteiger partial charge is 0.481 e. The quantitative estimate of drug-likeness (QED) is 0.682. The van der Waals surface area contributed by atoms with Crippen LogP contribution < -0.4 is 4.90 Å². The van der Waals surface area contributed by atoms with Crippen LogP contribution in [0, 0.1) is 0 Å². The normalized spacial score (nSPS) is 16.3. The number of nitrogens with zero attached hydrogens (tertiary/aromatic N) is 3. The van der Waals surface area contributed by atoms with Gasteiger partial charge < -0.3 is 10.0 Å². The Morgan fingerprint density at radius 3 is 2.29 bits per heavy atom. The first-order chi connectivity index (χ1) is 13.7. The maximum atomic E-state index is 11.0. The molecule has 2 aromatic carbocycles. The van der Waals surface area contributed by atoms with Crippen LogP contribution in [-0.4, -0.2) is 33.6 Å². The Morgan fingerprint density at radius 1 is 1.00 bits per heavy atom. The summed E-state index contributed by atoms with van der Waals surface area (Å²) in [6, 6.07) is 20.4. The summed E-state index contributed by atoms with van der Waals surface area (Å²) in [5.74, 6) is 0.0776. The van der Waals surface area contributed by atoms with Crippen molar-refractivity contribution in [2.45, 2.75) is 31.7 Å². The summed E-state index contributed by atoms with van der Waals surface area (Å²) in [6.45, 7) is 0.887. The number of rotatable bonds is 6. The highest BCUT2D eigenvalue weighted by Crippen LogP contribution is 2.33. The number of benzene rings is 2.